The standard InChI is InChI=1S/C25H18ClI2NO4S/c26-18-8-4-5-9-21(18)32-11-10-29-24(30)22(34-25(29)31)14-17-12-19(27)23(20(28)13-17)33-15-16-6-2-1-3-7-16/h1-9,12-14H,10-11,15H2/b22-14-. The molecular formula is C25H18ClI2NO4S. The van der Waals surface area contributed by atoms with Gasteiger partial charge in [-0.05, 0) is 98.4 Å². The lowest BCUT2D eigenvalue weighted by atomic mass is 10.2. The molecule has 2 amide bonds. The molecule has 0 saturated carbocycles. The van der Waals surface area contributed by atoms with Crippen LogP contribution in [0, 0.1) is 7.14 Å². The van der Waals surface area contributed by atoms with Crippen molar-refractivity contribution in [3.8, 4) is 11.5 Å². The number of imide groups is 1. The molecule has 0 spiro atoms. The third-order valence-corrected chi connectivity index (χ3v) is 7.65. The molecule has 1 saturated heterocycles. The van der Waals surface area contributed by atoms with E-state index in [1.165, 1.54) is 4.90 Å². The van der Waals surface area contributed by atoms with Gasteiger partial charge >= 0.3 is 0 Å². The number of benzene rings is 3. The molecule has 1 aliphatic rings. The molecule has 1 aliphatic heterocycles. The van der Waals surface area contributed by atoms with Gasteiger partial charge in [-0.1, -0.05) is 54.1 Å². The van der Waals surface area contributed by atoms with Crippen LogP contribution >= 0.6 is 68.5 Å². The summed E-state index contributed by atoms with van der Waals surface area (Å²) in [5.41, 5.74) is 1.92. The Balaban J connectivity index is 1.41. The summed E-state index contributed by atoms with van der Waals surface area (Å²) in [5.74, 6) is 0.990. The molecule has 3 aromatic rings. The van der Waals surface area contributed by atoms with Gasteiger partial charge in [0.05, 0.1) is 23.6 Å². The molecule has 34 heavy (non-hydrogen) atoms. The number of hydrogen-bond acceptors (Lipinski definition) is 5. The minimum atomic E-state index is -0.327. The van der Waals surface area contributed by atoms with Gasteiger partial charge in [-0.3, -0.25) is 14.5 Å². The second-order valence-electron chi connectivity index (χ2n) is 7.20. The van der Waals surface area contributed by atoms with Crippen molar-refractivity contribution >= 4 is 85.8 Å². The first-order valence-electron chi connectivity index (χ1n) is 10.2. The van der Waals surface area contributed by atoms with Gasteiger partial charge in [-0.25, -0.2) is 0 Å². The number of rotatable bonds is 8. The molecule has 0 bridgehead atoms. The Labute approximate surface area is 234 Å². The second kappa shape index (κ2) is 11.8. The Kier molecular flexibility index (Phi) is 8.78. The molecule has 0 aliphatic carbocycles. The average molecular weight is 718 g/mol. The maximum Gasteiger partial charge on any atom is 0.293 e. The quantitative estimate of drug-likeness (QED) is 0.182. The average Bonchev–Trinajstić information content (AvgIpc) is 3.07. The van der Waals surface area contributed by atoms with E-state index in [9.17, 15) is 9.59 Å². The zero-order chi connectivity index (χ0) is 24.1. The predicted octanol–water partition coefficient (Wildman–Crippen LogP) is 7.24. The van der Waals surface area contributed by atoms with Crippen LogP contribution in [0.4, 0.5) is 4.79 Å². The number of thioether (sulfide) groups is 1. The molecule has 0 radical (unpaired) electrons. The maximum atomic E-state index is 12.8. The monoisotopic (exact) mass is 717 g/mol. The van der Waals surface area contributed by atoms with E-state index >= 15 is 0 Å². The van der Waals surface area contributed by atoms with Crippen molar-refractivity contribution in [3.63, 3.8) is 0 Å². The summed E-state index contributed by atoms with van der Waals surface area (Å²) in [7, 11) is 0. The van der Waals surface area contributed by atoms with Gasteiger partial charge in [-0.2, -0.15) is 0 Å². The van der Waals surface area contributed by atoms with Crippen molar-refractivity contribution < 1.29 is 19.1 Å². The van der Waals surface area contributed by atoms with Crippen LogP contribution in [0.5, 0.6) is 11.5 Å². The second-order valence-corrected chi connectivity index (χ2v) is 10.9. The molecule has 1 fully saturated rings. The number of para-hydroxylation sites is 1. The first-order valence-corrected chi connectivity index (χ1v) is 13.6. The minimum absolute atomic E-state index is 0.147. The van der Waals surface area contributed by atoms with Gasteiger partial charge in [0.15, 0.2) is 0 Å². The maximum absolute atomic E-state index is 12.8. The zero-order valence-electron chi connectivity index (χ0n) is 17.7. The number of carbonyl (C=O) groups excluding carboxylic acids is 2. The summed E-state index contributed by atoms with van der Waals surface area (Å²) >= 11 is 11.5. The lowest BCUT2D eigenvalue weighted by Crippen LogP contribution is -2.32. The first kappa shape index (κ1) is 25.3. The van der Waals surface area contributed by atoms with Gasteiger partial charge in [-0.15, -0.1) is 0 Å². The summed E-state index contributed by atoms with van der Waals surface area (Å²) in [6, 6.07) is 20.9. The number of amides is 2. The smallest absolute Gasteiger partial charge is 0.293 e. The number of ether oxygens (including phenoxy) is 2. The van der Waals surface area contributed by atoms with Gasteiger partial charge in [0.1, 0.15) is 24.7 Å². The highest BCUT2D eigenvalue weighted by atomic mass is 127. The number of carbonyl (C=O) groups is 2. The van der Waals surface area contributed by atoms with E-state index in [-0.39, 0.29) is 24.3 Å². The van der Waals surface area contributed by atoms with Crippen molar-refractivity contribution in [2.75, 3.05) is 13.2 Å². The van der Waals surface area contributed by atoms with Crippen LogP contribution < -0.4 is 9.47 Å². The van der Waals surface area contributed by atoms with Crippen molar-refractivity contribution in [3.05, 3.63) is 94.9 Å². The van der Waals surface area contributed by atoms with Crippen molar-refractivity contribution in [2.45, 2.75) is 6.61 Å². The fourth-order valence-corrected chi connectivity index (χ4v) is 6.37. The van der Waals surface area contributed by atoms with Crippen molar-refractivity contribution in [2.24, 2.45) is 0 Å². The van der Waals surface area contributed by atoms with Gasteiger partial charge < -0.3 is 9.47 Å². The highest BCUT2D eigenvalue weighted by Gasteiger charge is 2.34. The highest BCUT2D eigenvalue weighted by Crippen LogP contribution is 2.35. The van der Waals surface area contributed by atoms with Crippen LogP contribution in [0.1, 0.15) is 11.1 Å². The molecule has 1 heterocycles. The third kappa shape index (κ3) is 6.27. The minimum Gasteiger partial charge on any atom is -0.490 e. The van der Waals surface area contributed by atoms with Gasteiger partial charge in [0.25, 0.3) is 11.1 Å². The van der Waals surface area contributed by atoms with E-state index in [0.717, 1.165) is 35.8 Å². The Hall–Kier alpha value is -1.76. The van der Waals surface area contributed by atoms with E-state index in [2.05, 4.69) is 45.2 Å². The lowest BCUT2D eigenvalue weighted by Gasteiger charge is -2.14. The summed E-state index contributed by atoms with van der Waals surface area (Å²) in [5, 5.41) is 0.170. The molecule has 4 rings (SSSR count). The molecular weight excluding hydrogens is 700 g/mol. The summed E-state index contributed by atoms with van der Waals surface area (Å²) in [6.45, 7) is 0.786. The Bertz CT molecular complexity index is 1230. The fourth-order valence-electron chi connectivity index (χ4n) is 3.18. The summed E-state index contributed by atoms with van der Waals surface area (Å²) in [6.07, 6.45) is 1.74. The van der Waals surface area contributed by atoms with E-state index in [1.807, 2.05) is 48.5 Å². The Morgan fingerprint density at radius 1 is 0.941 bits per heavy atom. The Morgan fingerprint density at radius 2 is 1.62 bits per heavy atom. The Morgan fingerprint density at radius 3 is 2.32 bits per heavy atom. The van der Waals surface area contributed by atoms with E-state index in [4.69, 9.17) is 21.1 Å². The van der Waals surface area contributed by atoms with E-state index < -0.39 is 0 Å². The third-order valence-electron chi connectivity index (χ3n) is 4.83. The molecule has 174 valence electrons. The zero-order valence-corrected chi connectivity index (χ0v) is 23.6. The lowest BCUT2D eigenvalue weighted by molar-refractivity contribution is -0.123. The van der Waals surface area contributed by atoms with Gasteiger partial charge in [0.2, 0.25) is 0 Å². The molecule has 0 atom stereocenters. The molecule has 0 N–H and O–H groups in total. The number of nitrogens with zero attached hydrogens (tertiary/aromatic N) is 1. The topological polar surface area (TPSA) is 55.8 Å². The van der Waals surface area contributed by atoms with E-state index in [1.54, 1.807) is 24.3 Å². The first-order chi connectivity index (χ1) is 16.4. The fraction of sp³-hybridized carbons (Fsp3) is 0.120. The van der Waals surface area contributed by atoms with Crippen LogP contribution in [0.15, 0.2) is 71.6 Å². The molecule has 9 heteroatoms. The number of hydrogen-bond donors (Lipinski definition) is 0. The molecule has 3 aromatic carbocycles. The molecule has 5 nitrogen and oxygen atoms in total. The van der Waals surface area contributed by atoms with E-state index in [0.29, 0.717) is 22.3 Å². The van der Waals surface area contributed by atoms with Crippen molar-refractivity contribution in [1.82, 2.24) is 4.90 Å². The molecule has 0 aromatic heterocycles. The predicted molar refractivity (Wildman–Crippen MR) is 152 cm³/mol. The van der Waals surface area contributed by atoms with Crippen LogP contribution in [0.3, 0.4) is 0 Å². The largest absolute Gasteiger partial charge is 0.490 e. The van der Waals surface area contributed by atoms with Crippen LogP contribution in [-0.4, -0.2) is 29.2 Å². The SMILES string of the molecule is O=C1S/C(=C\c2cc(I)c(OCc3ccccc3)c(I)c2)C(=O)N1CCOc1ccccc1Cl. The van der Waals surface area contributed by atoms with Crippen LogP contribution in [0.25, 0.3) is 6.08 Å². The van der Waals surface area contributed by atoms with Crippen molar-refractivity contribution in [1.29, 1.82) is 0 Å². The van der Waals surface area contributed by atoms with Crippen LogP contribution in [-0.2, 0) is 11.4 Å². The highest BCUT2D eigenvalue weighted by molar-refractivity contribution is 14.1. The summed E-state index contributed by atoms with van der Waals surface area (Å²) in [4.78, 5) is 26.8. The number of halogens is 3. The normalized spacial score (nSPS) is 14.7. The summed E-state index contributed by atoms with van der Waals surface area (Å²) < 4.78 is 13.5. The molecule has 0 unspecified atom stereocenters. The van der Waals surface area contributed by atoms with Crippen LogP contribution in [0.2, 0.25) is 5.02 Å². The van der Waals surface area contributed by atoms with Gasteiger partial charge in [0, 0.05) is 0 Å².